The molecule has 1 aliphatic rings. The Balaban J connectivity index is 2.13. The number of amides is 2. The van der Waals surface area contributed by atoms with Crippen molar-refractivity contribution >= 4 is 12.0 Å². The lowest BCUT2D eigenvalue weighted by atomic mass is 10.1. The van der Waals surface area contributed by atoms with Crippen LogP contribution in [0.15, 0.2) is 30.3 Å². The molecule has 5 heteroatoms. The van der Waals surface area contributed by atoms with Crippen LogP contribution in [-0.2, 0) is 16.1 Å². The number of rotatable bonds is 4. The highest BCUT2D eigenvalue weighted by Gasteiger charge is 2.38. The zero-order valence-electron chi connectivity index (χ0n) is 12.1. The molecule has 0 aliphatic carbocycles. The Morgan fingerprint density at radius 1 is 1.40 bits per heavy atom. The molecule has 0 aromatic heterocycles. The van der Waals surface area contributed by atoms with E-state index in [1.165, 1.54) is 4.90 Å². The van der Waals surface area contributed by atoms with E-state index in [2.05, 4.69) is 0 Å². The maximum atomic E-state index is 12.6. The summed E-state index contributed by atoms with van der Waals surface area (Å²) in [4.78, 5) is 27.1. The Labute approximate surface area is 119 Å². The number of carbonyl (C=O) groups excluding carboxylic acids is 2. The largest absolute Gasteiger partial charge is 0.447 e. The van der Waals surface area contributed by atoms with E-state index in [9.17, 15) is 9.59 Å². The highest BCUT2D eigenvalue weighted by atomic mass is 16.6. The van der Waals surface area contributed by atoms with Crippen molar-refractivity contribution in [1.82, 2.24) is 9.80 Å². The van der Waals surface area contributed by atoms with Crippen molar-refractivity contribution in [1.29, 1.82) is 0 Å². The first-order valence-corrected chi connectivity index (χ1v) is 6.74. The number of nitrogens with zero attached hydrogens (tertiary/aromatic N) is 2. The zero-order chi connectivity index (χ0) is 14.7. The van der Waals surface area contributed by atoms with Crippen molar-refractivity contribution in [3.05, 3.63) is 35.9 Å². The molecule has 1 aliphatic heterocycles. The van der Waals surface area contributed by atoms with Crippen molar-refractivity contribution < 1.29 is 14.3 Å². The number of cyclic esters (lactones) is 1. The van der Waals surface area contributed by atoms with E-state index in [0.717, 1.165) is 5.56 Å². The van der Waals surface area contributed by atoms with Crippen LogP contribution in [0, 0.1) is 0 Å². The van der Waals surface area contributed by atoms with Gasteiger partial charge in [-0.2, -0.15) is 0 Å². The van der Waals surface area contributed by atoms with Crippen LogP contribution in [0.4, 0.5) is 4.79 Å². The van der Waals surface area contributed by atoms with E-state index < -0.39 is 12.1 Å². The second-order valence-corrected chi connectivity index (χ2v) is 5.25. The van der Waals surface area contributed by atoms with Crippen LogP contribution in [0.2, 0.25) is 0 Å². The van der Waals surface area contributed by atoms with Crippen LogP contribution in [0.5, 0.6) is 0 Å². The van der Waals surface area contributed by atoms with Crippen LogP contribution >= 0.6 is 0 Å². The summed E-state index contributed by atoms with van der Waals surface area (Å²) in [5.74, 6) is -0.0720. The predicted octanol–water partition coefficient (Wildman–Crippen LogP) is 1.87. The van der Waals surface area contributed by atoms with Gasteiger partial charge in [0.2, 0.25) is 5.91 Å². The first-order valence-electron chi connectivity index (χ1n) is 6.74. The van der Waals surface area contributed by atoms with Gasteiger partial charge in [-0.05, 0) is 19.4 Å². The van der Waals surface area contributed by atoms with Gasteiger partial charge < -0.3 is 9.64 Å². The van der Waals surface area contributed by atoms with E-state index in [-0.39, 0.29) is 18.6 Å². The van der Waals surface area contributed by atoms with E-state index >= 15 is 0 Å². The number of hydrogen-bond acceptors (Lipinski definition) is 3. The minimum atomic E-state index is -0.520. The molecule has 0 N–H and O–H groups in total. The number of benzene rings is 1. The molecule has 0 saturated carbocycles. The van der Waals surface area contributed by atoms with Gasteiger partial charge in [-0.1, -0.05) is 30.3 Å². The van der Waals surface area contributed by atoms with Gasteiger partial charge >= 0.3 is 6.09 Å². The fraction of sp³-hybridized carbons (Fsp3) is 0.467. The molecule has 20 heavy (non-hydrogen) atoms. The van der Waals surface area contributed by atoms with E-state index in [0.29, 0.717) is 6.54 Å². The summed E-state index contributed by atoms with van der Waals surface area (Å²) in [6.07, 6.45) is -0.438. The van der Waals surface area contributed by atoms with E-state index in [1.54, 1.807) is 11.9 Å². The molecular formula is C15H20N2O3. The molecule has 108 valence electrons. The van der Waals surface area contributed by atoms with Gasteiger partial charge in [0, 0.05) is 19.6 Å². The second-order valence-electron chi connectivity index (χ2n) is 5.25. The van der Waals surface area contributed by atoms with Gasteiger partial charge in [-0.3, -0.25) is 9.69 Å². The highest BCUT2D eigenvalue weighted by molar-refractivity contribution is 5.88. The van der Waals surface area contributed by atoms with Crippen LogP contribution in [-0.4, -0.2) is 47.5 Å². The summed E-state index contributed by atoms with van der Waals surface area (Å²) < 4.78 is 4.92. The summed E-state index contributed by atoms with van der Waals surface area (Å²) >= 11 is 0. The average Bonchev–Trinajstić information content (AvgIpc) is 2.76. The van der Waals surface area contributed by atoms with Crippen molar-refractivity contribution in [2.24, 2.45) is 0 Å². The minimum Gasteiger partial charge on any atom is -0.447 e. The molecule has 1 unspecified atom stereocenters. The maximum absolute atomic E-state index is 12.6. The Kier molecular flexibility index (Phi) is 4.27. The lowest BCUT2D eigenvalue weighted by molar-refractivity contribution is -0.137. The molecule has 2 rings (SSSR count). The highest BCUT2D eigenvalue weighted by Crippen LogP contribution is 2.16. The van der Waals surface area contributed by atoms with Crippen molar-refractivity contribution in [3.63, 3.8) is 0 Å². The summed E-state index contributed by atoms with van der Waals surface area (Å²) in [6, 6.07) is 9.37. The molecule has 1 fully saturated rings. The molecule has 1 atom stereocenters. The Morgan fingerprint density at radius 2 is 2.05 bits per heavy atom. The second kappa shape index (κ2) is 5.94. The Hall–Kier alpha value is -2.04. The predicted molar refractivity (Wildman–Crippen MR) is 75.0 cm³/mol. The Bertz CT molecular complexity index is 487. The first kappa shape index (κ1) is 14.4. The van der Waals surface area contributed by atoms with Crippen LogP contribution in [0.25, 0.3) is 0 Å². The smallest absolute Gasteiger partial charge is 0.410 e. The van der Waals surface area contributed by atoms with E-state index in [1.807, 2.05) is 44.2 Å². The van der Waals surface area contributed by atoms with Crippen molar-refractivity contribution in [2.45, 2.75) is 32.5 Å². The van der Waals surface area contributed by atoms with Gasteiger partial charge in [-0.15, -0.1) is 0 Å². The average molecular weight is 276 g/mol. The summed E-state index contributed by atoms with van der Waals surface area (Å²) in [5.41, 5.74) is 1.07. The summed E-state index contributed by atoms with van der Waals surface area (Å²) in [5, 5.41) is 0. The molecule has 0 bridgehead atoms. The maximum Gasteiger partial charge on any atom is 0.410 e. The third-order valence-corrected chi connectivity index (χ3v) is 3.51. The first-order chi connectivity index (χ1) is 9.50. The third-order valence-electron chi connectivity index (χ3n) is 3.51. The van der Waals surface area contributed by atoms with Gasteiger partial charge in [0.25, 0.3) is 0 Å². The standard InChI is InChI=1S/C15H20N2O3/c1-11(2)17(9-12-7-5-4-6-8-12)14(18)13-10-20-15(19)16(13)3/h4-8,11,13H,9-10H2,1-3H3. The fourth-order valence-corrected chi connectivity index (χ4v) is 2.21. The normalized spacial score (nSPS) is 18.3. The van der Waals surface area contributed by atoms with Crippen LogP contribution in [0.3, 0.4) is 0 Å². The van der Waals surface area contributed by atoms with Gasteiger partial charge in [-0.25, -0.2) is 4.79 Å². The van der Waals surface area contributed by atoms with E-state index in [4.69, 9.17) is 4.74 Å². The molecule has 1 aromatic rings. The number of ether oxygens (including phenoxy) is 1. The monoisotopic (exact) mass is 276 g/mol. The molecule has 0 radical (unpaired) electrons. The fourth-order valence-electron chi connectivity index (χ4n) is 2.21. The molecule has 1 heterocycles. The van der Waals surface area contributed by atoms with Crippen LogP contribution in [0.1, 0.15) is 19.4 Å². The SMILES string of the molecule is CC(C)N(Cc1ccccc1)C(=O)C1COC(=O)N1C. The van der Waals surface area contributed by atoms with Gasteiger partial charge in [0.1, 0.15) is 12.6 Å². The topological polar surface area (TPSA) is 49.9 Å². The summed E-state index contributed by atoms with van der Waals surface area (Å²) in [7, 11) is 1.60. The lowest BCUT2D eigenvalue weighted by Gasteiger charge is -2.30. The molecule has 0 spiro atoms. The molecular weight excluding hydrogens is 256 g/mol. The number of carbonyl (C=O) groups is 2. The Morgan fingerprint density at radius 3 is 2.55 bits per heavy atom. The number of hydrogen-bond donors (Lipinski definition) is 0. The van der Waals surface area contributed by atoms with Crippen molar-refractivity contribution in [3.8, 4) is 0 Å². The zero-order valence-corrected chi connectivity index (χ0v) is 12.1. The summed E-state index contributed by atoms with van der Waals surface area (Å²) in [6.45, 7) is 4.61. The molecule has 5 nitrogen and oxygen atoms in total. The molecule has 2 amide bonds. The van der Waals surface area contributed by atoms with Gasteiger partial charge in [0.15, 0.2) is 0 Å². The molecule has 1 saturated heterocycles. The molecule has 1 aromatic carbocycles. The lowest BCUT2D eigenvalue weighted by Crippen LogP contribution is -2.48. The van der Waals surface area contributed by atoms with Gasteiger partial charge in [0.05, 0.1) is 0 Å². The van der Waals surface area contributed by atoms with Crippen molar-refractivity contribution in [2.75, 3.05) is 13.7 Å². The van der Waals surface area contributed by atoms with Crippen LogP contribution < -0.4 is 0 Å². The number of likely N-dealkylation sites (N-methyl/N-ethyl adjacent to an activating group) is 1. The quantitative estimate of drug-likeness (QED) is 0.843. The minimum absolute atomic E-state index is 0.0619. The third kappa shape index (κ3) is 2.92.